The molecule has 0 saturated carbocycles. The Labute approximate surface area is 191 Å². The maximum absolute atomic E-state index is 12.3. The van der Waals surface area contributed by atoms with Crippen LogP contribution in [0.25, 0.3) is 0 Å². The average Bonchev–Trinajstić information content (AvgIpc) is 2.51. The van der Waals surface area contributed by atoms with Crippen LogP contribution in [0.2, 0.25) is 0 Å². The molecule has 0 spiro atoms. The Morgan fingerprint density at radius 1 is 0.781 bits per heavy atom. The largest absolute Gasteiger partial charge is 0.350 e. The summed E-state index contributed by atoms with van der Waals surface area (Å²) in [5.74, 6) is -2.01. The van der Waals surface area contributed by atoms with Crippen molar-refractivity contribution in [1.29, 1.82) is 0 Å². The first-order chi connectivity index (χ1) is 14.3. The van der Waals surface area contributed by atoms with Gasteiger partial charge in [0.2, 0.25) is 11.8 Å². The minimum Gasteiger partial charge on any atom is -0.350 e. The maximum Gasteiger partial charge on any atom is 0.267 e. The molecule has 0 aromatic rings. The van der Waals surface area contributed by atoms with Gasteiger partial charge in [-0.15, -0.1) is 0 Å². The summed E-state index contributed by atoms with van der Waals surface area (Å²) in [5.41, 5.74) is -2.28. The molecule has 2 amide bonds. The summed E-state index contributed by atoms with van der Waals surface area (Å²) in [6.07, 6.45) is 0.886. The van der Waals surface area contributed by atoms with Crippen LogP contribution < -0.4 is 16.0 Å². The third-order valence-corrected chi connectivity index (χ3v) is 6.43. The molecule has 0 unspecified atom stereocenters. The fourth-order valence-corrected chi connectivity index (χ4v) is 5.17. The van der Waals surface area contributed by atoms with Crippen molar-refractivity contribution in [3.8, 4) is 0 Å². The number of hydrogen-bond acceptors (Lipinski definition) is 8. The number of rotatable bonds is 16. The molecule has 14 heteroatoms. The average molecular weight is 503 g/mol. The molecule has 32 heavy (non-hydrogen) atoms. The summed E-state index contributed by atoms with van der Waals surface area (Å²) in [5, 5.41) is 8.16. The van der Waals surface area contributed by atoms with Crippen LogP contribution in [-0.4, -0.2) is 98.5 Å². The minimum atomic E-state index is -4.25. The van der Waals surface area contributed by atoms with E-state index in [-0.39, 0.29) is 12.8 Å². The molecule has 0 saturated heterocycles. The van der Waals surface area contributed by atoms with Gasteiger partial charge in [0.1, 0.15) is 0 Å². The second-order valence-electron chi connectivity index (χ2n) is 9.12. The summed E-state index contributed by atoms with van der Waals surface area (Å²) in [6.45, 7) is 7.92. The molecule has 0 aliphatic carbocycles. The summed E-state index contributed by atoms with van der Waals surface area (Å²) in [4.78, 5) is 26.4. The third kappa shape index (κ3) is 17.3. The van der Waals surface area contributed by atoms with Crippen molar-refractivity contribution < 1.29 is 35.5 Å². The van der Waals surface area contributed by atoms with Crippen molar-refractivity contribution >= 4 is 32.1 Å². The Balaban J connectivity index is 4.80. The van der Waals surface area contributed by atoms with Gasteiger partial charge in [-0.05, 0) is 54.3 Å². The molecule has 5 N–H and O–H groups in total. The highest BCUT2D eigenvalue weighted by Gasteiger charge is 2.28. The topological polar surface area (TPSA) is 182 Å². The predicted molar refractivity (Wildman–Crippen MR) is 121 cm³/mol. The van der Waals surface area contributed by atoms with Crippen LogP contribution in [-0.2, 0) is 29.8 Å². The Hall–Kier alpha value is -1.32. The standard InChI is InChI=1S/C18H38N4O8S2/c1-17(2,13-31(25,26)27)20-15(23)7-11-22(10-6-9-19-5)12-8-16(24)21-18(3,4)14-32(28,29)30/h19H,6-14H2,1-5H3,(H,20,23)(H,21,24)(H,25,26,27)(H,28,29,30). The zero-order chi connectivity index (χ0) is 25.2. The number of nitrogens with zero attached hydrogens (tertiary/aromatic N) is 1. The molecule has 0 aliphatic rings. The molecule has 0 aromatic heterocycles. The third-order valence-electron chi connectivity index (χ3n) is 4.25. The van der Waals surface area contributed by atoms with E-state index in [1.807, 2.05) is 4.90 Å². The first-order valence-corrected chi connectivity index (χ1v) is 13.5. The molecule has 12 nitrogen and oxygen atoms in total. The van der Waals surface area contributed by atoms with Crippen LogP contribution >= 0.6 is 0 Å². The van der Waals surface area contributed by atoms with E-state index in [0.717, 1.165) is 13.0 Å². The fourth-order valence-electron chi connectivity index (χ4n) is 3.20. The lowest BCUT2D eigenvalue weighted by Crippen LogP contribution is -2.49. The quantitative estimate of drug-likeness (QED) is 0.133. The zero-order valence-electron chi connectivity index (χ0n) is 19.5. The van der Waals surface area contributed by atoms with E-state index in [1.54, 1.807) is 7.05 Å². The van der Waals surface area contributed by atoms with E-state index in [0.29, 0.717) is 19.6 Å². The number of hydrogen-bond donors (Lipinski definition) is 5. The number of carbonyl (C=O) groups is 2. The van der Waals surface area contributed by atoms with Gasteiger partial charge in [0, 0.05) is 25.9 Å². The summed E-state index contributed by atoms with van der Waals surface area (Å²) >= 11 is 0. The second-order valence-corrected chi connectivity index (χ2v) is 12.0. The fraction of sp³-hybridized carbons (Fsp3) is 0.889. The van der Waals surface area contributed by atoms with Gasteiger partial charge in [-0.25, -0.2) is 0 Å². The second kappa shape index (κ2) is 12.8. The Bertz CT molecular complexity index is 762. The molecule has 190 valence electrons. The van der Waals surface area contributed by atoms with E-state index in [1.165, 1.54) is 27.7 Å². The lowest BCUT2D eigenvalue weighted by molar-refractivity contribution is -0.122. The van der Waals surface area contributed by atoms with Gasteiger partial charge in [-0.3, -0.25) is 18.7 Å². The lowest BCUT2D eigenvalue weighted by Gasteiger charge is -2.27. The molecule has 0 aliphatic heterocycles. The molecule has 0 bridgehead atoms. The van der Waals surface area contributed by atoms with Gasteiger partial charge in [0.15, 0.2) is 0 Å². The van der Waals surface area contributed by atoms with E-state index < -0.39 is 54.6 Å². The molecular weight excluding hydrogens is 464 g/mol. The number of amides is 2. The number of nitrogens with one attached hydrogen (secondary N) is 3. The molecular formula is C18H38N4O8S2. The van der Waals surface area contributed by atoms with E-state index >= 15 is 0 Å². The maximum atomic E-state index is 12.3. The van der Waals surface area contributed by atoms with Crippen LogP contribution in [0.4, 0.5) is 0 Å². The molecule has 0 aromatic carbocycles. The van der Waals surface area contributed by atoms with Gasteiger partial charge in [0.25, 0.3) is 20.2 Å². The van der Waals surface area contributed by atoms with Crippen molar-refractivity contribution in [2.75, 3.05) is 44.7 Å². The van der Waals surface area contributed by atoms with Crippen molar-refractivity contribution in [3.05, 3.63) is 0 Å². The smallest absolute Gasteiger partial charge is 0.267 e. The highest BCUT2D eigenvalue weighted by atomic mass is 32.2. The first-order valence-electron chi connectivity index (χ1n) is 10.2. The molecule has 0 radical (unpaired) electrons. The van der Waals surface area contributed by atoms with E-state index in [2.05, 4.69) is 16.0 Å². The normalized spacial score (nSPS) is 13.2. The first kappa shape index (κ1) is 30.7. The molecule has 0 fully saturated rings. The Kier molecular flexibility index (Phi) is 12.3. The molecule has 0 rings (SSSR count). The Morgan fingerprint density at radius 3 is 1.47 bits per heavy atom. The van der Waals surface area contributed by atoms with E-state index in [4.69, 9.17) is 9.11 Å². The van der Waals surface area contributed by atoms with Crippen LogP contribution in [0.1, 0.15) is 47.0 Å². The van der Waals surface area contributed by atoms with Crippen LogP contribution in [0, 0.1) is 0 Å². The van der Waals surface area contributed by atoms with Crippen molar-refractivity contribution in [2.45, 2.75) is 58.0 Å². The van der Waals surface area contributed by atoms with E-state index in [9.17, 15) is 26.4 Å². The summed E-state index contributed by atoms with van der Waals surface area (Å²) in [6, 6.07) is 0. The summed E-state index contributed by atoms with van der Waals surface area (Å²) < 4.78 is 62.3. The molecule has 0 heterocycles. The lowest BCUT2D eigenvalue weighted by atomic mass is 10.1. The SMILES string of the molecule is CNCCCN(CCC(=O)NC(C)(C)CS(=O)(=O)O)CCC(=O)NC(C)(C)CS(=O)(=O)O. The van der Waals surface area contributed by atoms with Crippen molar-refractivity contribution in [1.82, 2.24) is 20.9 Å². The van der Waals surface area contributed by atoms with Crippen LogP contribution in [0.5, 0.6) is 0 Å². The van der Waals surface area contributed by atoms with Gasteiger partial charge < -0.3 is 20.9 Å². The minimum absolute atomic E-state index is 0.0598. The highest BCUT2D eigenvalue weighted by molar-refractivity contribution is 7.86. The van der Waals surface area contributed by atoms with Crippen LogP contribution in [0.15, 0.2) is 0 Å². The van der Waals surface area contributed by atoms with Gasteiger partial charge in [-0.2, -0.15) is 16.8 Å². The Morgan fingerprint density at radius 2 is 1.16 bits per heavy atom. The zero-order valence-corrected chi connectivity index (χ0v) is 21.1. The monoisotopic (exact) mass is 502 g/mol. The highest BCUT2D eigenvalue weighted by Crippen LogP contribution is 2.08. The molecule has 0 atom stereocenters. The predicted octanol–water partition coefficient (Wildman–Crippen LogP) is -0.757. The van der Waals surface area contributed by atoms with Gasteiger partial charge in [0.05, 0.1) is 22.6 Å². The number of carbonyl (C=O) groups excluding carboxylic acids is 2. The van der Waals surface area contributed by atoms with Crippen molar-refractivity contribution in [3.63, 3.8) is 0 Å². The summed E-state index contributed by atoms with van der Waals surface area (Å²) in [7, 11) is -6.69. The van der Waals surface area contributed by atoms with Gasteiger partial charge >= 0.3 is 0 Å². The van der Waals surface area contributed by atoms with Crippen LogP contribution in [0.3, 0.4) is 0 Å². The van der Waals surface area contributed by atoms with Crippen molar-refractivity contribution in [2.24, 2.45) is 0 Å². The van der Waals surface area contributed by atoms with Gasteiger partial charge in [-0.1, -0.05) is 0 Å².